The molecule has 0 aromatic heterocycles. The molecule has 2 aromatic carbocycles. The Morgan fingerprint density at radius 2 is 1.90 bits per heavy atom. The average Bonchev–Trinajstić information content (AvgIpc) is 2.43. The molecule has 2 rings (SSSR count). The number of benzene rings is 2. The number of hydrogen-bond acceptors (Lipinski definition) is 3. The number of halogens is 2. The number of rotatable bonds is 3. The highest BCUT2D eigenvalue weighted by Crippen LogP contribution is 2.21. The van der Waals surface area contributed by atoms with E-state index >= 15 is 0 Å². The average molecular weight is 292 g/mol. The first-order valence-corrected chi connectivity index (χ1v) is 5.90. The van der Waals surface area contributed by atoms with E-state index in [1.165, 1.54) is 19.1 Å². The van der Waals surface area contributed by atoms with E-state index in [2.05, 4.69) is 5.32 Å². The van der Waals surface area contributed by atoms with E-state index in [4.69, 9.17) is 0 Å². The van der Waals surface area contributed by atoms with Crippen LogP contribution >= 0.6 is 0 Å². The summed E-state index contributed by atoms with van der Waals surface area (Å²) in [5, 5.41) is 13.0. The summed E-state index contributed by atoms with van der Waals surface area (Å²) in [5.74, 6) is -2.27. The van der Waals surface area contributed by atoms with Gasteiger partial charge in [0.2, 0.25) is 0 Å². The Morgan fingerprint density at radius 1 is 1.19 bits per heavy atom. The zero-order chi connectivity index (χ0) is 15.6. The minimum Gasteiger partial charge on any atom is -0.319 e. The monoisotopic (exact) mass is 292 g/mol. The lowest BCUT2D eigenvalue weighted by molar-refractivity contribution is -0.385. The van der Waals surface area contributed by atoms with Crippen LogP contribution in [0.25, 0.3) is 0 Å². The molecule has 0 aliphatic rings. The van der Waals surface area contributed by atoms with Gasteiger partial charge in [-0.05, 0) is 25.1 Å². The molecule has 0 radical (unpaired) electrons. The van der Waals surface area contributed by atoms with Crippen LogP contribution in [0.15, 0.2) is 36.4 Å². The van der Waals surface area contributed by atoms with E-state index in [1.807, 2.05) is 0 Å². The topological polar surface area (TPSA) is 72.2 Å². The Labute approximate surface area is 118 Å². The quantitative estimate of drug-likeness (QED) is 0.695. The molecule has 1 N–H and O–H groups in total. The molecule has 0 heterocycles. The number of hydrogen-bond donors (Lipinski definition) is 1. The molecule has 5 nitrogen and oxygen atoms in total. The third-order valence-corrected chi connectivity index (χ3v) is 2.84. The van der Waals surface area contributed by atoms with Gasteiger partial charge in [-0.15, -0.1) is 0 Å². The Bertz CT molecular complexity index is 732. The highest BCUT2D eigenvalue weighted by atomic mass is 19.1. The first kappa shape index (κ1) is 14.6. The standard InChI is InChI=1S/C14H10F2N2O3/c1-8-2-3-9(6-13(8)18(20)21)14(19)17-12-7-10(15)4-5-11(12)16/h2-7H,1H3,(H,17,19). The number of carbonyl (C=O) groups excluding carboxylic acids is 1. The molecule has 0 unspecified atom stereocenters. The summed E-state index contributed by atoms with van der Waals surface area (Å²) >= 11 is 0. The highest BCUT2D eigenvalue weighted by Gasteiger charge is 2.16. The van der Waals surface area contributed by atoms with E-state index in [0.717, 1.165) is 24.3 Å². The zero-order valence-corrected chi connectivity index (χ0v) is 10.9. The second kappa shape index (κ2) is 5.66. The molecule has 0 aliphatic heterocycles. The van der Waals surface area contributed by atoms with Crippen molar-refractivity contribution in [2.75, 3.05) is 5.32 Å². The summed E-state index contributed by atoms with van der Waals surface area (Å²) in [6.07, 6.45) is 0. The van der Waals surface area contributed by atoms with Crippen molar-refractivity contribution in [2.45, 2.75) is 6.92 Å². The van der Waals surface area contributed by atoms with E-state index < -0.39 is 22.5 Å². The molecular formula is C14H10F2N2O3. The van der Waals surface area contributed by atoms with Crippen LogP contribution in [-0.4, -0.2) is 10.8 Å². The molecule has 0 aliphatic carbocycles. The number of nitrogens with zero attached hydrogens (tertiary/aromatic N) is 1. The van der Waals surface area contributed by atoms with Crippen molar-refractivity contribution in [1.29, 1.82) is 0 Å². The number of nitro groups is 1. The maximum atomic E-state index is 13.4. The highest BCUT2D eigenvalue weighted by molar-refractivity contribution is 6.04. The first-order chi connectivity index (χ1) is 9.88. The van der Waals surface area contributed by atoms with Crippen molar-refractivity contribution in [3.63, 3.8) is 0 Å². The van der Waals surface area contributed by atoms with Crippen LogP contribution in [0.4, 0.5) is 20.2 Å². The smallest absolute Gasteiger partial charge is 0.273 e. The molecule has 21 heavy (non-hydrogen) atoms. The molecule has 0 saturated heterocycles. The lowest BCUT2D eigenvalue weighted by Crippen LogP contribution is -2.13. The summed E-state index contributed by atoms with van der Waals surface area (Å²) < 4.78 is 26.4. The molecule has 7 heteroatoms. The van der Waals surface area contributed by atoms with Gasteiger partial charge >= 0.3 is 0 Å². The van der Waals surface area contributed by atoms with Crippen LogP contribution in [0.1, 0.15) is 15.9 Å². The predicted octanol–water partition coefficient (Wildman–Crippen LogP) is 3.43. The van der Waals surface area contributed by atoms with Crippen molar-refractivity contribution in [2.24, 2.45) is 0 Å². The van der Waals surface area contributed by atoms with Gasteiger partial charge < -0.3 is 5.32 Å². The molecule has 1 amide bonds. The second-order valence-corrected chi connectivity index (χ2v) is 4.34. The fourth-order valence-electron chi connectivity index (χ4n) is 1.74. The number of aryl methyl sites for hydroxylation is 1. The van der Waals surface area contributed by atoms with Gasteiger partial charge in [0.15, 0.2) is 0 Å². The number of amides is 1. The maximum absolute atomic E-state index is 13.4. The fourth-order valence-corrected chi connectivity index (χ4v) is 1.74. The van der Waals surface area contributed by atoms with Crippen molar-refractivity contribution >= 4 is 17.3 Å². The van der Waals surface area contributed by atoms with Crippen molar-refractivity contribution in [1.82, 2.24) is 0 Å². The van der Waals surface area contributed by atoms with Crippen LogP contribution in [0, 0.1) is 28.7 Å². The lowest BCUT2D eigenvalue weighted by Gasteiger charge is -2.07. The van der Waals surface area contributed by atoms with Gasteiger partial charge in [0, 0.05) is 23.3 Å². The summed E-state index contributed by atoms with van der Waals surface area (Å²) in [6.45, 7) is 1.53. The van der Waals surface area contributed by atoms with Gasteiger partial charge in [-0.25, -0.2) is 8.78 Å². The molecule has 0 fully saturated rings. The fraction of sp³-hybridized carbons (Fsp3) is 0.0714. The Morgan fingerprint density at radius 3 is 2.57 bits per heavy atom. The van der Waals surface area contributed by atoms with Crippen LogP contribution in [0.5, 0.6) is 0 Å². The van der Waals surface area contributed by atoms with E-state index in [0.29, 0.717) is 5.56 Å². The Hall–Kier alpha value is -2.83. The number of anilines is 1. The van der Waals surface area contributed by atoms with Crippen molar-refractivity contribution < 1.29 is 18.5 Å². The van der Waals surface area contributed by atoms with Crippen LogP contribution in [-0.2, 0) is 0 Å². The molecule has 0 spiro atoms. The lowest BCUT2D eigenvalue weighted by atomic mass is 10.1. The third kappa shape index (κ3) is 3.19. The zero-order valence-electron chi connectivity index (χ0n) is 10.9. The minimum absolute atomic E-state index is 0.0176. The first-order valence-electron chi connectivity index (χ1n) is 5.90. The summed E-state index contributed by atoms with van der Waals surface area (Å²) in [4.78, 5) is 22.1. The van der Waals surface area contributed by atoms with Gasteiger partial charge in [-0.2, -0.15) is 0 Å². The molecular weight excluding hydrogens is 282 g/mol. The van der Waals surface area contributed by atoms with E-state index in [-0.39, 0.29) is 16.9 Å². The van der Waals surface area contributed by atoms with Gasteiger partial charge in [-0.1, -0.05) is 6.07 Å². The van der Waals surface area contributed by atoms with Gasteiger partial charge in [0.1, 0.15) is 11.6 Å². The van der Waals surface area contributed by atoms with Crippen LogP contribution in [0.3, 0.4) is 0 Å². The van der Waals surface area contributed by atoms with Gasteiger partial charge in [-0.3, -0.25) is 14.9 Å². The number of nitrogens with one attached hydrogen (secondary N) is 1. The normalized spacial score (nSPS) is 10.2. The van der Waals surface area contributed by atoms with Crippen LogP contribution < -0.4 is 5.32 Å². The number of nitro benzene ring substituents is 1. The predicted molar refractivity (Wildman–Crippen MR) is 72.1 cm³/mol. The largest absolute Gasteiger partial charge is 0.319 e. The Balaban J connectivity index is 2.30. The summed E-state index contributed by atoms with van der Waals surface area (Å²) in [6, 6.07) is 6.49. The maximum Gasteiger partial charge on any atom is 0.273 e. The SMILES string of the molecule is Cc1ccc(C(=O)Nc2cc(F)ccc2F)cc1[N+](=O)[O-]. The number of carbonyl (C=O) groups is 1. The summed E-state index contributed by atoms with van der Waals surface area (Å²) in [7, 11) is 0. The summed E-state index contributed by atoms with van der Waals surface area (Å²) in [5.41, 5.74) is -0.171. The van der Waals surface area contributed by atoms with Crippen LogP contribution in [0.2, 0.25) is 0 Å². The third-order valence-electron chi connectivity index (χ3n) is 2.84. The van der Waals surface area contributed by atoms with Gasteiger partial charge in [0.05, 0.1) is 10.6 Å². The minimum atomic E-state index is -0.800. The van der Waals surface area contributed by atoms with Crippen molar-refractivity contribution in [3.05, 3.63) is 69.3 Å². The molecule has 2 aromatic rings. The van der Waals surface area contributed by atoms with Gasteiger partial charge in [0.25, 0.3) is 11.6 Å². The molecule has 0 saturated carbocycles. The van der Waals surface area contributed by atoms with E-state index in [1.54, 1.807) is 0 Å². The Kier molecular flexibility index (Phi) is 3.93. The molecule has 108 valence electrons. The molecule has 0 atom stereocenters. The molecule has 0 bridgehead atoms. The second-order valence-electron chi connectivity index (χ2n) is 4.34. The van der Waals surface area contributed by atoms with E-state index in [9.17, 15) is 23.7 Å². The van der Waals surface area contributed by atoms with Crippen molar-refractivity contribution in [3.8, 4) is 0 Å².